The van der Waals surface area contributed by atoms with Gasteiger partial charge in [0.1, 0.15) is 11.6 Å². The van der Waals surface area contributed by atoms with Gasteiger partial charge in [-0.05, 0) is 18.7 Å². The van der Waals surface area contributed by atoms with Gasteiger partial charge in [-0.3, -0.25) is 15.0 Å². The normalized spacial score (nSPS) is 25.1. The largest absolute Gasteiger partial charge is 0.299 e. The van der Waals surface area contributed by atoms with Crippen molar-refractivity contribution < 1.29 is 13.7 Å². The Morgan fingerprint density at radius 2 is 2.12 bits per heavy atom. The summed E-state index contributed by atoms with van der Waals surface area (Å²) in [5.41, 5.74) is 0.220. The molecule has 0 bridgehead atoms. The van der Waals surface area contributed by atoms with Crippen LogP contribution in [0.4, 0.5) is 8.78 Å². The topological polar surface area (TPSA) is 46.4 Å². The predicted octanol–water partition coefficient (Wildman–Crippen LogP) is 1.64. The third-order valence-corrected chi connectivity index (χ3v) is 3.10. The van der Waals surface area contributed by atoms with E-state index >= 15 is 0 Å². The van der Waals surface area contributed by atoms with Crippen molar-refractivity contribution >= 4 is 0 Å². The Kier molecular flexibility index (Phi) is 3.06. The first-order valence-electron chi connectivity index (χ1n) is 5.26. The van der Waals surface area contributed by atoms with Crippen LogP contribution in [0.15, 0.2) is 18.2 Å². The van der Waals surface area contributed by atoms with Crippen LogP contribution in [0.3, 0.4) is 0 Å². The zero-order chi connectivity index (χ0) is 12.6. The predicted molar refractivity (Wildman–Crippen MR) is 57.4 cm³/mol. The summed E-state index contributed by atoms with van der Waals surface area (Å²) < 4.78 is 26.4. The van der Waals surface area contributed by atoms with Crippen LogP contribution in [0.5, 0.6) is 0 Å². The fourth-order valence-corrected chi connectivity index (χ4v) is 2.30. The van der Waals surface area contributed by atoms with Gasteiger partial charge in [0.05, 0.1) is 12.5 Å². The van der Waals surface area contributed by atoms with E-state index in [-0.39, 0.29) is 12.1 Å². The van der Waals surface area contributed by atoms with E-state index in [0.717, 1.165) is 12.1 Å². The second-order valence-electron chi connectivity index (χ2n) is 4.35. The highest BCUT2D eigenvalue weighted by Gasteiger charge is 2.41. The molecule has 0 aliphatic carbocycles. The van der Waals surface area contributed by atoms with E-state index in [9.17, 15) is 18.9 Å². The average Bonchev–Trinajstić information content (AvgIpc) is 2.60. The number of halogens is 2. The van der Waals surface area contributed by atoms with Crippen molar-refractivity contribution in [2.24, 2.45) is 0 Å². The van der Waals surface area contributed by atoms with Crippen LogP contribution in [0.1, 0.15) is 11.5 Å². The number of rotatable bonds is 2. The van der Waals surface area contributed by atoms with E-state index in [1.54, 1.807) is 11.9 Å². The van der Waals surface area contributed by atoms with Gasteiger partial charge in [0.2, 0.25) is 6.04 Å². The van der Waals surface area contributed by atoms with E-state index < -0.39 is 28.5 Å². The van der Waals surface area contributed by atoms with Gasteiger partial charge in [-0.15, -0.1) is 0 Å². The third-order valence-electron chi connectivity index (χ3n) is 3.10. The molecule has 1 aliphatic rings. The van der Waals surface area contributed by atoms with Gasteiger partial charge in [-0.2, -0.15) is 0 Å². The van der Waals surface area contributed by atoms with Crippen molar-refractivity contribution in [3.63, 3.8) is 0 Å². The molecule has 0 N–H and O–H groups in total. The highest BCUT2D eigenvalue weighted by molar-refractivity contribution is 5.25. The quantitative estimate of drug-likeness (QED) is 0.585. The smallest absolute Gasteiger partial charge is 0.233 e. The number of benzene rings is 1. The molecule has 2 rings (SSSR count). The van der Waals surface area contributed by atoms with Crippen LogP contribution >= 0.6 is 0 Å². The van der Waals surface area contributed by atoms with Crippen LogP contribution in [0.25, 0.3) is 0 Å². The lowest BCUT2D eigenvalue weighted by molar-refractivity contribution is -0.521. The minimum Gasteiger partial charge on any atom is -0.299 e. The van der Waals surface area contributed by atoms with Gasteiger partial charge >= 0.3 is 0 Å². The maximum atomic E-state index is 13.6. The number of hydrogen-bond acceptors (Lipinski definition) is 3. The molecule has 1 heterocycles. The minimum atomic E-state index is -0.833. The lowest BCUT2D eigenvalue weighted by Crippen LogP contribution is -2.27. The van der Waals surface area contributed by atoms with E-state index in [4.69, 9.17) is 0 Å². The summed E-state index contributed by atoms with van der Waals surface area (Å²) in [5, 5.41) is 10.9. The van der Waals surface area contributed by atoms with Crippen LogP contribution in [-0.2, 0) is 0 Å². The molecule has 92 valence electrons. The molecule has 0 amide bonds. The molecule has 1 aromatic carbocycles. The molecule has 0 radical (unpaired) electrons. The van der Waals surface area contributed by atoms with E-state index in [1.165, 1.54) is 6.07 Å². The van der Waals surface area contributed by atoms with Gasteiger partial charge in [-0.1, -0.05) is 6.07 Å². The molecule has 0 spiro atoms. The molecule has 4 nitrogen and oxygen atoms in total. The molecule has 0 saturated carbocycles. The van der Waals surface area contributed by atoms with Crippen molar-refractivity contribution in [2.75, 3.05) is 20.1 Å². The third kappa shape index (κ3) is 2.26. The van der Waals surface area contributed by atoms with Gasteiger partial charge in [0, 0.05) is 17.5 Å². The van der Waals surface area contributed by atoms with Gasteiger partial charge in [0.25, 0.3) is 0 Å². The van der Waals surface area contributed by atoms with E-state index in [1.807, 2.05) is 0 Å². The van der Waals surface area contributed by atoms with Crippen molar-refractivity contribution in [1.82, 2.24) is 4.90 Å². The van der Waals surface area contributed by atoms with Crippen molar-refractivity contribution in [1.29, 1.82) is 0 Å². The SMILES string of the molecule is CN1CC(c2ccc(F)cc2F)C([N+](=O)[O-])C1. The molecular formula is C11H12F2N2O2. The fourth-order valence-electron chi connectivity index (χ4n) is 2.30. The number of nitro groups is 1. The molecule has 1 saturated heterocycles. The standard InChI is InChI=1S/C11H12F2N2O2/c1-14-5-9(11(6-14)15(16)17)8-3-2-7(12)4-10(8)13/h2-4,9,11H,5-6H2,1H3. The number of nitrogens with zero attached hydrogens (tertiary/aromatic N) is 2. The van der Waals surface area contributed by atoms with Crippen LogP contribution in [0.2, 0.25) is 0 Å². The van der Waals surface area contributed by atoms with Crippen LogP contribution in [-0.4, -0.2) is 36.0 Å². The highest BCUT2D eigenvalue weighted by Crippen LogP contribution is 2.30. The van der Waals surface area contributed by atoms with Gasteiger partial charge in [0.15, 0.2) is 0 Å². The Hall–Kier alpha value is -1.56. The lowest BCUT2D eigenvalue weighted by atomic mass is 9.94. The van der Waals surface area contributed by atoms with Crippen LogP contribution in [0, 0.1) is 21.7 Å². The molecule has 0 aromatic heterocycles. The van der Waals surface area contributed by atoms with Crippen molar-refractivity contribution in [3.8, 4) is 0 Å². The summed E-state index contributed by atoms with van der Waals surface area (Å²) >= 11 is 0. The summed E-state index contributed by atoms with van der Waals surface area (Å²) in [6, 6.07) is 2.36. The Bertz CT molecular complexity index is 453. The Labute approximate surface area is 97.0 Å². The van der Waals surface area contributed by atoms with Gasteiger partial charge in [-0.25, -0.2) is 8.78 Å². The first-order valence-corrected chi connectivity index (χ1v) is 5.26. The summed E-state index contributed by atoms with van der Waals surface area (Å²) in [6.45, 7) is 0.697. The summed E-state index contributed by atoms with van der Waals surface area (Å²) in [7, 11) is 1.75. The Morgan fingerprint density at radius 3 is 2.71 bits per heavy atom. The first kappa shape index (κ1) is 11.9. The fraction of sp³-hybridized carbons (Fsp3) is 0.455. The maximum Gasteiger partial charge on any atom is 0.233 e. The number of likely N-dealkylation sites (N-methyl/N-ethyl adjacent to an activating group) is 1. The van der Waals surface area contributed by atoms with Crippen molar-refractivity contribution in [2.45, 2.75) is 12.0 Å². The Morgan fingerprint density at radius 1 is 1.41 bits per heavy atom. The number of likely N-dealkylation sites (tertiary alicyclic amines) is 1. The zero-order valence-electron chi connectivity index (χ0n) is 9.27. The summed E-state index contributed by atoms with van der Waals surface area (Å²) in [5.74, 6) is -1.90. The molecule has 1 fully saturated rings. The highest BCUT2D eigenvalue weighted by atomic mass is 19.1. The average molecular weight is 242 g/mol. The van der Waals surface area contributed by atoms with Crippen molar-refractivity contribution in [3.05, 3.63) is 45.5 Å². The zero-order valence-corrected chi connectivity index (χ0v) is 9.27. The second-order valence-corrected chi connectivity index (χ2v) is 4.35. The first-order chi connectivity index (χ1) is 7.99. The van der Waals surface area contributed by atoms with Gasteiger partial charge < -0.3 is 0 Å². The Balaban J connectivity index is 2.34. The minimum absolute atomic E-state index is 0.220. The molecule has 2 atom stereocenters. The lowest BCUT2D eigenvalue weighted by Gasteiger charge is -2.13. The molecule has 1 aliphatic heterocycles. The second kappa shape index (κ2) is 4.37. The molecule has 17 heavy (non-hydrogen) atoms. The number of hydrogen-bond donors (Lipinski definition) is 0. The van der Waals surface area contributed by atoms with E-state index in [2.05, 4.69) is 0 Å². The van der Waals surface area contributed by atoms with E-state index in [0.29, 0.717) is 6.54 Å². The molecule has 2 unspecified atom stereocenters. The molecule has 6 heteroatoms. The summed E-state index contributed by atoms with van der Waals surface area (Å²) in [6.07, 6.45) is 0. The maximum absolute atomic E-state index is 13.6. The summed E-state index contributed by atoms with van der Waals surface area (Å²) in [4.78, 5) is 12.3. The molecule has 1 aromatic rings. The monoisotopic (exact) mass is 242 g/mol. The van der Waals surface area contributed by atoms with Crippen LogP contribution < -0.4 is 0 Å². The molecular weight excluding hydrogens is 230 g/mol.